The number of hydrogen-bond acceptors (Lipinski definition) is 10. The third-order valence-corrected chi connectivity index (χ3v) is 12.1. The zero-order chi connectivity index (χ0) is 45.7. The maximum absolute atomic E-state index is 16.2. The minimum absolute atomic E-state index is 0.104. The summed E-state index contributed by atoms with van der Waals surface area (Å²) in [4.78, 5) is 26.0. The predicted octanol–water partition coefficient (Wildman–Crippen LogP) is 9.62. The lowest BCUT2D eigenvalue weighted by Gasteiger charge is -2.41. The van der Waals surface area contributed by atoms with Crippen LogP contribution in [0.2, 0.25) is 0 Å². The third kappa shape index (κ3) is 7.89. The van der Waals surface area contributed by atoms with E-state index in [0.717, 1.165) is 33.4 Å². The SMILES string of the molecule is C#C[C@]1(COC(C)=O)O[C@@H](n2cnc3c(NC(c4ccccc4)(c4ccccc4)c4ccc(OC)cc4)nc(F)nc32)C[C@@H]1OC(c1ccccc1)(c1ccccc1)c1ccc(OC)cc1. The Morgan fingerprint density at radius 2 is 1.21 bits per heavy atom. The molecule has 0 spiro atoms. The third-order valence-electron chi connectivity index (χ3n) is 12.1. The molecular formula is C54H46FN5O6. The zero-order valence-electron chi connectivity index (χ0n) is 36.5. The Morgan fingerprint density at radius 3 is 1.70 bits per heavy atom. The highest BCUT2D eigenvalue weighted by molar-refractivity contribution is 5.84. The van der Waals surface area contributed by atoms with Crippen LogP contribution in [0.25, 0.3) is 11.2 Å². The van der Waals surface area contributed by atoms with Gasteiger partial charge in [-0.2, -0.15) is 14.4 Å². The summed E-state index contributed by atoms with van der Waals surface area (Å²) < 4.78 is 48.9. The molecule has 66 heavy (non-hydrogen) atoms. The van der Waals surface area contributed by atoms with Gasteiger partial charge >= 0.3 is 12.0 Å². The lowest BCUT2D eigenvalue weighted by atomic mass is 9.77. The summed E-state index contributed by atoms with van der Waals surface area (Å²) in [5.74, 6) is 3.73. The van der Waals surface area contributed by atoms with Gasteiger partial charge in [0.15, 0.2) is 22.6 Å². The van der Waals surface area contributed by atoms with E-state index in [2.05, 4.69) is 21.2 Å². The van der Waals surface area contributed by atoms with Crippen molar-refractivity contribution >= 4 is 23.0 Å². The standard InChI is InChI=1S/C54H46FN5O6/c1-5-52(35-64-37(2)61)46(65-54(41-22-14-8-15-23-41,42-24-16-9-17-25-42)43-28-32-45(63-4)33-29-43)34-47(66-52)60-36-56-48-49(57-51(55)58-50(48)60)59-53(38-18-10-6-11-19-38,39-20-12-7-13-21-39)40-26-30-44(62-3)31-27-40/h1,6-33,36,46-47H,34-35H2,2-4H3,(H,57,58,59)/t46-,47+,52+/m0/s1. The maximum atomic E-state index is 16.2. The van der Waals surface area contributed by atoms with Crippen LogP contribution in [0.5, 0.6) is 11.5 Å². The first kappa shape index (κ1) is 43.4. The molecule has 0 aliphatic carbocycles. The molecule has 0 amide bonds. The summed E-state index contributed by atoms with van der Waals surface area (Å²) in [7, 11) is 3.22. The molecule has 330 valence electrons. The fourth-order valence-electron chi connectivity index (χ4n) is 8.95. The molecule has 1 aliphatic heterocycles. The fraction of sp³-hybridized carbons (Fsp3) is 0.185. The number of benzene rings is 6. The Hall–Kier alpha value is -7.85. The first-order valence-corrected chi connectivity index (χ1v) is 21.4. The van der Waals surface area contributed by atoms with Gasteiger partial charge in [0.2, 0.25) is 0 Å². The number of rotatable bonds is 15. The van der Waals surface area contributed by atoms with E-state index in [-0.39, 0.29) is 30.0 Å². The average Bonchev–Trinajstić information content (AvgIpc) is 3.96. The van der Waals surface area contributed by atoms with Gasteiger partial charge < -0.3 is 29.0 Å². The van der Waals surface area contributed by atoms with Gasteiger partial charge in [-0.3, -0.25) is 9.36 Å². The number of hydrogen-bond donors (Lipinski definition) is 1. The van der Waals surface area contributed by atoms with E-state index in [9.17, 15) is 4.79 Å². The van der Waals surface area contributed by atoms with Gasteiger partial charge in [0.1, 0.15) is 41.6 Å². The Kier molecular flexibility index (Phi) is 12.1. The van der Waals surface area contributed by atoms with Crippen molar-refractivity contribution in [3.63, 3.8) is 0 Å². The molecule has 11 nitrogen and oxygen atoms in total. The summed E-state index contributed by atoms with van der Waals surface area (Å²) >= 11 is 0. The van der Waals surface area contributed by atoms with Gasteiger partial charge in [0.05, 0.1) is 20.5 Å². The largest absolute Gasteiger partial charge is 0.497 e. The van der Waals surface area contributed by atoms with Crippen LogP contribution in [0.4, 0.5) is 10.2 Å². The van der Waals surface area contributed by atoms with E-state index in [4.69, 9.17) is 35.1 Å². The molecule has 0 saturated carbocycles. The van der Waals surface area contributed by atoms with Crippen LogP contribution in [0.15, 0.2) is 176 Å². The number of esters is 1. The van der Waals surface area contributed by atoms with Gasteiger partial charge in [-0.25, -0.2) is 4.98 Å². The van der Waals surface area contributed by atoms with Crippen LogP contribution < -0.4 is 14.8 Å². The molecule has 1 fully saturated rings. The Bertz CT molecular complexity index is 2890. The van der Waals surface area contributed by atoms with E-state index in [0.29, 0.717) is 11.5 Å². The van der Waals surface area contributed by atoms with Crippen molar-refractivity contribution in [1.29, 1.82) is 0 Å². The monoisotopic (exact) mass is 879 g/mol. The highest BCUT2D eigenvalue weighted by Gasteiger charge is 2.55. The topological polar surface area (TPSA) is 119 Å². The van der Waals surface area contributed by atoms with Gasteiger partial charge in [-0.05, 0) is 57.6 Å². The van der Waals surface area contributed by atoms with Crippen molar-refractivity contribution in [1.82, 2.24) is 19.5 Å². The summed E-state index contributed by atoms with van der Waals surface area (Å²) in [6.45, 7) is 0.958. The van der Waals surface area contributed by atoms with Crippen molar-refractivity contribution in [2.24, 2.45) is 0 Å². The first-order chi connectivity index (χ1) is 32.2. The molecule has 1 N–H and O–H groups in total. The second kappa shape index (κ2) is 18.3. The van der Waals surface area contributed by atoms with Crippen LogP contribution >= 0.6 is 0 Å². The van der Waals surface area contributed by atoms with Gasteiger partial charge in [-0.15, -0.1) is 6.42 Å². The number of fused-ring (bicyclic) bond motifs is 1. The Balaban J connectivity index is 1.18. The molecule has 2 aromatic heterocycles. The van der Waals surface area contributed by atoms with Crippen molar-refractivity contribution in [2.75, 3.05) is 26.1 Å². The Morgan fingerprint density at radius 1 is 0.742 bits per heavy atom. The molecule has 0 bridgehead atoms. The molecule has 3 atom stereocenters. The molecule has 1 saturated heterocycles. The van der Waals surface area contributed by atoms with Crippen molar-refractivity contribution in [3.8, 4) is 23.8 Å². The van der Waals surface area contributed by atoms with Crippen LogP contribution in [0, 0.1) is 18.4 Å². The minimum atomic E-state index is -1.65. The van der Waals surface area contributed by atoms with Gasteiger partial charge in [0, 0.05) is 13.3 Å². The number of carbonyl (C=O) groups excluding carboxylic acids is 1. The quantitative estimate of drug-likeness (QED) is 0.0462. The summed E-state index contributed by atoms with van der Waals surface area (Å²) in [6, 6.07) is 54.6. The molecule has 12 heteroatoms. The highest BCUT2D eigenvalue weighted by atomic mass is 19.1. The van der Waals surface area contributed by atoms with E-state index in [1.165, 1.54) is 13.3 Å². The van der Waals surface area contributed by atoms with E-state index < -0.39 is 41.1 Å². The smallest absolute Gasteiger partial charge is 0.312 e. The minimum Gasteiger partial charge on any atom is -0.497 e. The lowest BCUT2D eigenvalue weighted by molar-refractivity contribution is -0.163. The second-order valence-corrected chi connectivity index (χ2v) is 15.9. The molecule has 3 heterocycles. The Labute approximate surface area is 382 Å². The summed E-state index contributed by atoms with van der Waals surface area (Å²) in [5, 5.41) is 3.66. The summed E-state index contributed by atoms with van der Waals surface area (Å²) in [5.41, 5.74) is 1.28. The molecule has 6 aromatic carbocycles. The van der Waals surface area contributed by atoms with Gasteiger partial charge in [-0.1, -0.05) is 152 Å². The van der Waals surface area contributed by atoms with Crippen LogP contribution in [0.1, 0.15) is 53.0 Å². The number of terminal acetylenes is 1. The van der Waals surface area contributed by atoms with Crippen LogP contribution in [0.3, 0.4) is 0 Å². The first-order valence-electron chi connectivity index (χ1n) is 21.4. The number of carbonyl (C=O) groups is 1. The number of aromatic nitrogens is 4. The van der Waals surface area contributed by atoms with E-state index in [1.54, 1.807) is 18.8 Å². The molecular weight excluding hydrogens is 834 g/mol. The number of anilines is 1. The van der Waals surface area contributed by atoms with Crippen molar-refractivity contribution in [3.05, 3.63) is 216 Å². The number of imidazole rings is 1. The molecule has 0 radical (unpaired) electrons. The fourth-order valence-corrected chi connectivity index (χ4v) is 8.95. The second-order valence-electron chi connectivity index (χ2n) is 15.9. The molecule has 0 unspecified atom stereocenters. The number of nitrogens with one attached hydrogen (secondary N) is 1. The molecule has 1 aliphatic rings. The van der Waals surface area contributed by atoms with Crippen molar-refractivity contribution < 1.29 is 32.9 Å². The lowest BCUT2D eigenvalue weighted by Crippen LogP contribution is -2.49. The van der Waals surface area contributed by atoms with Crippen molar-refractivity contribution in [2.45, 2.75) is 42.4 Å². The van der Waals surface area contributed by atoms with E-state index in [1.807, 2.05) is 170 Å². The molecule has 8 aromatic rings. The predicted molar refractivity (Wildman–Crippen MR) is 248 cm³/mol. The number of ether oxygens (including phenoxy) is 5. The normalized spacial score (nSPS) is 17.2. The van der Waals surface area contributed by atoms with E-state index >= 15 is 4.39 Å². The number of halogens is 1. The maximum Gasteiger partial charge on any atom is 0.312 e. The van der Waals surface area contributed by atoms with Gasteiger partial charge in [0.25, 0.3) is 0 Å². The average molecular weight is 880 g/mol. The number of methoxy groups -OCH3 is 2. The van der Waals surface area contributed by atoms with Crippen LogP contribution in [-0.4, -0.2) is 58.0 Å². The summed E-state index contributed by atoms with van der Waals surface area (Å²) in [6.07, 6.45) is 5.19. The van der Waals surface area contributed by atoms with Crippen LogP contribution in [-0.2, 0) is 30.1 Å². The number of nitrogens with zero attached hydrogens (tertiary/aromatic N) is 4. The zero-order valence-corrected chi connectivity index (χ0v) is 36.5. The molecule has 9 rings (SSSR count). The highest BCUT2D eigenvalue weighted by Crippen LogP contribution is 2.49.